The molecule has 8 heteroatoms. The Balaban J connectivity index is 1.56. The smallest absolute Gasteiger partial charge is 0.317 e. The molecule has 0 bridgehead atoms. The Hall–Kier alpha value is -3.23. The van der Waals surface area contributed by atoms with Gasteiger partial charge in [-0.2, -0.15) is 4.98 Å². The Morgan fingerprint density at radius 2 is 2.12 bits per heavy atom. The van der Waals surface area contributed by atoms with Gasteiger partial charge in [-0.25, -0.2) is 0 Å². The second kappa shape index (κ2) is 10.1. The van der Waals surface area contributed by atoms with Crippen LogP contribution >= 0.6 is 0 Å². The molecule has 33 heavy (non-hydrogen) atoms. The van der Waals surface area contributed by atoms with Crippen LogP contribution in [-0.4, -0.2) is 59.4 Å². The molecule has 174 valence electrons. The molecule has 2 aromatic carbocycles. The molecule has 1 saturated heterocycles. The number of methoxy groups -OCH3 is 1. The number of carboxylic acid groups (broad SMARTS) is 1. The summed E-state index contributed by atoms with van der Waals surface area (Å²) in [4.78, 5) is 19.7. The molecule has 0 amide bonds. The molecule has 3 aromatic rings. The molecule has 4 rings (SSSR count). The highest BCUT2D eigenvalue weighted by atomic mass is 16.5. The van der Waals surface area contributed by atoms with Gasteiger partial charge in [0.15, 0.2) is 0 Å². The summed E-state index contributed by atoms with van der Waals surface area (Å²) in [6, 6.07) is 14.5. The lowest BCUT2D eigenvalue weighted by atomic mass is 10.1. The number of hydrogen-bond acceptors (Lipinski definition) is 7. The number of aromatic nitrogens is 2. The second-order valence-electron chi connectivity index (χ2n) is 8.65. The van der Waals surface area contributed by atoms with Crippen molar-refractivity contribution in [2.24, 2.45) is 0 Å². The zero-order valence-corrected chi connectivity index (χ0v) is 19.3. The average Bonchev–Trinajstić information content (AvgIpc) is 3.43. The first-order valence-corrected chi connectivity index (χ1v) is 11.2. The Kier molecular flexibility index (Phi) is 7.05. The quantitative estimate of drug-likeness (QED) is 0.522. The molecular weight excluding hydrogens is 420 g/mol. The minimum Gasteiger partial charge on any atom is -0.480 e. The minimum absolute atomic E-state index is 0.0212. The first kappa shape index (κ1) is 22.9. The maximum absolute atomic E-state index is 10.9. The van der Waals surface area contributed by atoms with Crippen molar-refractivity contribution >= 4 is 11.7 Å². The first-order valence-electron chi connectivity index (χ1n) is 11.2. The van der Waals surface area contributed by atoms with Crippen LogP contribution < -0.4 is 4.90 Å². The topological polar surface area (TPSA) is 91.9 Å². The van der Waals surface area contributed by atoms with Gasteiger partial charge < -0.3 is 19.3 Å². The van der Waals surface area contributed by atoms with E-state index in [0.717, 1.165) is 28.8 Å². The van der Waals surface area contributed by atoms with Crippen molar-refractivity contribution in [3.63, 3.8) is 0 Å². The summed E-state index contributed by atoms with van der Waals surface area (Å²) in [6.45, 7) is 4.32. The summed E-state index contributed by atoms with van der Waals surface area (Å²) in [7, 11) is 3.48. The molecular formula is C25H30N4O4. The minimum atomic E-state index is -0.852. The molecule has 1 unspecified atom stereocenters. The van der Waals surface area contributed by atoms with Gasteiger partial charge in [-0.05, 0) is 56.6 Å². The van der Waals surface area contributed by atoms with Crippen LogP contribution in [0.1, 0.15) is 30.9 Å². The number of benzene rings is 2. The van der Waals surface area contributed by atoms with E-state index in [2.05, 4.69) is 34.1 Å². The predicted octanol–water partition coefficient (Wildman–Crippen LogP) is 4.06. The molecule has 0 saturated carbocycles. The maximum Gasteiger partial charge on any atom is 0.317 e. The van der Waals surface area contributed by atoms with Gasteiger partial charge in [0.1, 0.15) is 0 Å². The van der Waals surface area contributed by atoms with Crippen LogP contribution in [0, 0.1) is 0 Å². The molecule has 1 N–H and O–H groups in total. The Morgan fingerprint density at radius 1 is 1.27 bits per heavy atom. The van der Waals surface area contributed by atoms with Crippen molar-refractivity contribution in [1.29, 1.82) is 0 Å². The summed E-state index contributed by atoms with van der Waals surface area (Å²) >= 11 is 0. The number of likely N-dealkylation sites (N-methyl/N-ethyl adjacent to an activating group) is 1. The Morgan fingerprint density at radius 3 is 2.85 bits per heavy atom. The number of nitrogens with zero attached hydrogens (tertiary/aromatic N) is 4. The van der Waals surface area contributed by atoms with Crippen molar-refractivity contribution in [1.82, 2.24) is 15.0 Å². The average molecular weight is 451 g/mol. The summed E-state index contributed by atoms with van der Waals surface area (Å²) in [5.74, 6) is 0.101. The van der Waals surface area contributed by atoms with E-state index >= 15 is 0 Å². The molecule has 1 fully saturated rings. The lowest BCUT2D eigenvalue weighted by molar-refractivity contribution is -0.138. The summed E-state index contributed by atoms with van der Waals surface area (Å²) in [5, 5.41) is 13.1. The van der Waals surface area contributed by atoms with Gasteiger partial charge >= 0.3 is 5.97 Å². The Labute approximate surface area is 193 Å². The molecule has 8 nitrogen and oxygen atoms in total. The molecule has 0 aliphatic carbocycles. The van der Waals surface area contributed by atoms with Crippen LogP contribution in [0.4, 0.5) is 5.69 Å². The molecule has 2 heterocycles. The zero-order chi connectivity index (χ0) is 23.4. The molecule has 1 aliphatic rings. The third-order valence-electron chi connectivity index (χ3n) is 5.96. The monoisotopic (exact) mass is 450 g/mol. The van der Waals surface area contributed by atoms with Gasteiger partial charge in [-0.1, -0.05) is 23.4 Å². The van der Waals surface area contributed by atoms with E-state index in [1.807, 2.05) is 30.3 Å². The largest absolute Gasteiger partial charge is 0.480 e. The molecule has 1 aliphatic heterocycles. The fraction of sp³-hybridized carbons (Fsp3) is 0.400. The number of carboxylic acids is 1. The van der Waals surface area contributed by atoms with Crippen LogP contribution in [0.5, 0.6) is 0 Å². The van der Waals surface area contributed by atoms with Crippen LogP contribution in [0.3, 0.4) is 0 Å². The van der Waals surface area contributed by atoms with Crippen LogP contribution in [-0.2, 0) is 22.7 Å². The van der Waals surface area contributed by atoms with Crippen molar-refractivity contribution in [2.75, 3.05) is 32.1 Å². The van der Waals surface area contributed by atoms with Crippen LogP contribution in [0.25, 0.3) is 22.8 Å². The van der Waals surface area contributed by atoms with Crippen LogP contribution in [0.2, 0.25) is 0 Å². The van der Waals surface area contributed by atoms with E-state index in [4.69, 9.17) is 14.4 Å². The molecule has 0 spiro atoms. The van der Waals surface area contributed by atoms with Crippen LogP contribution in [0.15, 0.2) is 47.0 Å². The van der Waals surface area contributed by atoms with E-state index in [1.54, 1.807) is 19.1 Å². The fourth-order valence-electron chi connectivity index (χ4n) is 4.43. The second-order valence-corrected chi connectivity index (χ2v) is 8.65. The van der Waals surface area contributed by atoms with Gasteiger partial charge in [0.2, 0.25) is 5.82 Å². The summed E-state index contributed by atoms with van der Waals surface area (Å²) in [5.41, 5.74) is 4.96. The van der Waals surface area contributed by atoms with Crippen molar-refractivity contribution in [2.45, 2.75) is 39.0 Å². The van der Waals surface area contributed by atoms with Crippen molar-refractivity contribution in [3.8, 4) is 22.8 Å². The number of ether oxygens (including phenoxy) is 1. The molecule has 0 radical (unpaired) electrons. The fourth-order valence-corrected chi connectivity index (χ4v) is 4.43. The SMILES string of the molecule is COCc1cc(-c2nc(-c3cccc(CN(C)CC(=O)O)c3)no2)ccc1N1CCCC1C. The van der Waals surface area contributed by atoms with Gasteiger partial charge in [0.25, 0.3) is 5.89 Å². The van der Waals surface area contributed by atoms with Gasteiger partial charge in [-0.15, -0.1) is 0 Å². The van der Waals surface area contributed by atoms with Gasteiger partial charge in [0, 0.05) is 48.6 Å². The summed E-state index contributed by atoms with van der Waals surface area (Å²) in [6.07, 6.45) is 2.40. The van der Waals surface area contributed by atoms with Crippen molar-refractivity contribution in [3.05, 3.63) is 53.6 Å². The first-order chi connectivity index (χ1) is 15.9. The standard InChI is InChI=1S/C25H30N4O4/c1-17-6-5-11-29(17)22-10-9-20(13-21(22)16-32-3)25-26-24(27-33-25)19-8-4-7-18(12-19)14-28(2)15-23(30)31/h4,7-10,12-13,17H,5-6,11,14-16H2,1-3H3,(H,30,31). The lowest BCUT2D eigenvalue weighted by Gasteiger charge is -2.26. The number of aliphatic carboxylic acids is 1. The third kappa shape index (κ3) is 5.40. The number of carbonyl (C=O) groups is 1. The van der Waals surface area contributed by atoms with Crippen molar-refractivity contribution < 1.29 is 19.2 Å². The zero-order valence-electron chi connectivity index (χ0n) is 19.3. The van der Waals surface area contributed by atoms with E-state index in [0.29, 0.717) is 30.9 Å². The number of hydrogen-bond donors (Lipinski definition) is 1. The van der Waals surface area contributed by atoms with E-state index < -0.39 is 5.97 Å². The maximum atomic E-state index is 10.9. The highest BCUT2D eigenvalue weighted by Crippen LogP contribution is 2.32. The van der Waals surface area contributed by atoms with E-state index in [-0.39, 0.29) is 6.54 Å². The molecule has 1 aromatic heterocycles. The molecule has 1 atom stereocenters. The Bertz CT molecular complexity index is 1110. The van der Waals surface area contributed by atoms with Gasteiger partial charge in [-0.3, -0.25) is 9.69 Å². The normalized spacial score (nSPS) is 16.0. The van der Waals surface area contributed by atoms with E-state index in [9.17, 15) is 4.79 Å². The van der Waals surface area contributed by atoms with Gasteiger partial charge in [0.05, 0.1) is 13.2 Å². The number of anilines is 1. The summed E-state index contributed by atoms with van der Waals surface area (Å²) < 4.78 is 11.1. The third-order valence-corrected chi connectivity index (χ3v) is 5.96. The highest BCUT2D eigenvalue weighted by molar-refractivity contribution is 5.69. The van der Waals surface area contributed by atoms with E-state index in [1.165, 1.54) is 18.5 Å². The highest BCUT2D eigenvalue weighted by Gasteiger charge is 2.23. The number of rotatable bonds is 9. The predicted molar refractivity (Wildman–Crippen MR) is 126 cm³/mol. The lowest BCUT2D eigenvalue weighted by Crippen LogP contribution is -2.27.